The summed E-state index contributed by atoms with van der Waals surface area (Å²) >= 11 is 6.21. The molecule has 1 aromatic heterocycles. The Balaban J connectivity index is 2.24. The van der Waals surface area contributed by atoms with Crippen molar-refractivity contribution in [1.82, 2.24) is 9.78 Å². The SMILES string of the molecule is CCn1nc(C)c(Cl)c1COc1ccc(N)cc1C#N. The van der Waals surface area contributed by atoms with Gasteiger partial charge < -0.3 is 10.5 Å². The van der Waals surface area contributed by atoms with Crippen molar-refractivity contribution in [2.75, 3.05) is 5.73 Å². The van der Waals surface area contributed by atoms with Crippen molar-refractivity contribution >= 4 is 17.3 Å². The number of rotatable bonds is 4. The summed E-state index contributed by atoms with van der Waals surface area (Å²) in [6, 6.07) is 7.02. The number of nitriles is 1. The van der Waals surface area contributed by atoms with Crippen molar-refractivity contribution in [3.05, 3.63) is 40.2 Å². The van der Waals surface area contributed by atoms with Crippen LogP contribution in [0, 0.1) is 18.3 Å². The van der Waals surface area contributed by atoms with Crippen LogP contribution in [0.4, 0.5) is 5.69 Å². The molecule has 0 radical (unpaired) electrons. The van der Waals surface area contributed by atoms with Crippen LogP contribution in [-0.2, 0) is 13.2 Å². The van der Waals surface area contributed by atoms with Gasteiger partial charge in [0.2, 0.25) is 0 Å². The molecule has 104 valence electrons. The molecule has 0 saturated heterocycles. The number of hydrogen-bond donors (Lipinski definition) is 1. The van der Waals surface area contributed by atoms with Gasteiger partial charge in [-0.05, 0) is 32.0 Å². The van der Waals surface area contributed by atoms with E-state index in [1.807, 2.05) is 13.8 Å². The fraction of sp³-hybridized carbons (Fsp3) is 0.286. The predicted molar refractivity (Wildman–Crippen MR) is 77.5 cm³/mol. The highest BCUT2D eigenvalue weighted by atomic mass is 35.5. The second-order valence-electron chi connectivity index (χ2n) is 4.32. The number of nitrogens with two attached hydrogens (primary N) is 1. The summed E-state index contributed by atoms with van der Waals surface area (Å²) in [6.07, 6.45) is 0. The third-order valence-electron chi connectivity index (χ3n) is 2.94. The van der Waals surface area contributed by atoms with Crippen LogP contribution >= 0.6 is 11.6 Å². The van der Waals surface area contributed by atoms with Gasteiger partial charge in [0.1, 0.15) is 18.4 Å². The largest absolute Gasteiger partial charge is 0.486 e. The highest BCUT2D eigenvalue weighted by Crippen LogP contribution is 2.25. The lowest BCUT2D eigenvalue weighted by atomic mass is 10.2. The number of nitrogen functional groups attached to an aromatic ring is 1. The van der Waals surface area contributed by atoms with Gasteiger partial charge >= 0.3 is 0 Å². The molecule has 0 unspecified atom stereocenters. The van der Waals surface area contributed by atoms with Gasteiger partial charge in [0, 0.05) is 12.2 Å². The molecule has 0 atom stereocenters. The zero-order valence-electron chi connectivity index (χ0n) is 11.4. The van der Waals surface area contributed by atoms with Crippen LogP contribution in [-0.4, -0.2) is 9.78 Å². The van der Waals surface area contributed by atoms with Gasteiger partial charge in [0.25, 0.3) is 0 Å². The number of ether oxygens (including phenoxy) is 1. The number of aryl methyl sites for hydroxylation is 2. The molecule has 20 heavy (non-hydrogen) atoms. The molecule has 0 bridgehead atoms. The lowest BCUT2D eigenvalue weighted by Crippen LogP contribution is -2.07. The van der Waals surface area contributed by atoms with Gasteiger partial charge in [0.15, 0.2) is 0 Å². The van der Waals surface area contributed by atoms with Crippen LogP contribution in [0.15, 0.2) is 18.2 Å². The molecule has 2 N–H and O–H groups in total. The van der Waals surface area contributed by atoms with E-state index >= 15 is 0 Å². The average molecular weight is 291 g/mol. The highest BCUT2D eigenvalue weighted by Gasteiger charge is 2.14. The summed E-state index contributed by atoms with van der Waals surface area (Å²) in [4.78, 5) is 0. The van der Waals surface area contributed by atoms with E-state index in [1.54, 1.807) is 22.9 Å². The molecule has 0 amide bonds. The standard InChI is InChI=1S/C14H15ClN4O/c1-3-19-12(14(15)9(2)18-19)8-20-13-5-4-11(17)6-10(13)7-16/h4-6H,3,8,17H2,1-2H3. The first kappa shape index (κ1) is 14.2. The fourth-order valence-electron chi connectivity index (χ4n) is 1.91. The molecule has 6 heteroatoms. The zero-order chi connectivity index (χ0) is 14.7. The van der Waals surface area contributed by atoms with E-state index in [0.29, 0.717) is 28.6 Å². The van der Waals surface area contributed by atoms with Gasteiger partial charge in [-0.25, -0.2) is 0 Å². The maximum atomic E-state index is 9.07. The lowest BCUT2D eigenvalue weighted by molar-refractivity contribution is 0.292. The van der Waals surface area contributed by atoms with Crippen molar-refractivity contribution < 1.29 is 4.74 Å². The Morgan fingerprint density at radius 3 is 2.90 bits per heavy atom. The molecule has 0 aliphatic rings. The van der Waals surface area contributed by atoms with E-state index in [2.05, 4.69) is 11.2 Å². The minimum Gasteiger partial charge on any atom is -0.486 e. The minimum absolute atomic E-state index is 0.256. The van der Waals surface area contributed by atoms with Gasteiger partial charge in [0.05, 0.1) is 22.0 Å². The Labute approximate surface area is 122 Å². The van der Waals surface area contributed by atoms with Gasteiger partial charge in [-0.15, -0.1) is 0 Å². The molecule has 2 aromatic rings. The monoisotopic (exact) mass is 290 g/mol. The van der Waals surface area contributed by atoms with Crippen LogP contribution in [0.25, 0.3) is 0 Å². The first-order valence-electron chi connectivity index (χ1n) is 6.21. The van der Waals surface area contributed by atoms with Crippen LogP contribution in [0.1, 0.15) is 23.9 Å². The van der Waals surface area contributed by atoms with Crippen LogP contribution in [0.2, 0.25) is 5.02 Å². The second kappa shape index (κ2) is 5.85. The third-order valence-corrected chi connectivity index (χ3v) is 3.43. The molecule has 1 aromatic carbocycles. The Bertz CT molecular complexity index is 673. The van der Waals surface area contributed by atoms with Crippen LogP contribution < -0.4 is 10.5 Å². The highest BCUT2D eigenvalue weighted by molar-refractivity contribution is 6.31. The number of nitrogens with zero attached hydrogens (tertiary/aromatic N) is 3. The lowest BCUT2D eigenvalue weighted by Gasteiger charge is -2.10. The van der Waals surface area contributed by atoms with E-state index in [0.717, 1.165) is 11.4 Å². The Morgan fingerprint density at radius 2 is 2.25 bits per heavy atom. The van der Waals surface area contributed by atoms with Crippen molar-refractivity contribution in [3.8, 4) is 11.8 Å². The van der Waals surface area contributed by atoms with E-state index in [-0.39, 0.29) is 6.61 Å². The summed E-state index contributed by atoms with van der Waals surface area (Å²) in [5.74, 6) is 0.485. The van der Waals surface area contributed by atoms with E-state index < -0.39 is 0 Å². The van der Waals surface area contributed by atoms with Gasteiger partial charge in [-0.2, -0.15) is 10.4 Å². The molecule has 0 fully saturated rings. The zero-order valence-corrected chi connectivity index (χ0v) is 12.1. The maximum absolute atomic E-state index is 9.07. The quantitative estimate of drug-likeness (QED) is 0.878. The van der Waals surface area contributed by atoms with E-state index in [4.69, 9.17) is 27.3 Å². The first-order valence-corrected chi connectivity index (χ1v) is 6.58. The second-order valence-corrected chi connectivity index (χ2v) is 4.70. The summed E-state index contributed by atoms with van der Waals surface area (Å²) < 4.78 is 7.48. The number of halogens is 1. The summed E-state index contributed by atoms with van der Waals surface area (Å²) in [6.45, 7) is 4.79. The molecule has 2 rings (SSSR count). The van der Waals surface area contributed by atoms with Crippen molar-refractivity contribution in [1.29, 1.82) is 5.26 Å². The summed E-state index contributed by atoms with van der Waals surface area (Å²) in [7, 11) is 0. The summed E-state index contributed by atoms with van der Waals surface area (Å²) in [5.41, 5.74) is 8.14. The van der Waals surface area contributed by atoms with Gasteiger partial charge in [-0.1, -0.05) is 11.6 Å². The van der Waals surface area contributed by atoms with E-state index in [1.165, 1.54) is 0 Å². The number of benzene rings is 1. The minimum atomic E-state index is 0.256. The Hall–Kier alpha value is -2.19. The average Bonchev–Trinajstić information content (AvgIpc) is 2.72. The number of hydrogen-bond acceptors (Lipinski definition) is 4. The third kappa shape index (κ3) is 2.70. The summed E-state index contributed by atoms with van der Waals surface area (Å²) in [5, 5.41) is 14.0. The predicted octanol–water partition coefficient (Wildman–Crippen LogP) is 2.90. The Kier molecular flexibility index (Phi) is 4.16. The van der Waals surface area contributed by atoms with Crippen molar-refractivity contribution in [2.24, 2.45) is 0 Å². The van der Waals surface area contributed by atoms with Gasteiger partial charge in [-0.3, -0.25) is 4.68 Å². The molecule has 1 heterocycles. The molecular formula is C14H15ClN4O. The molecule has 0 saturated carbocycles. The Morgan fingerprint density at radius 1 is 1.50 bits per heavy atom. The van der Waals surface area contributed by atoms with Crippen molar-refractivity contribution in [3.63, 3.8) is 0 Å². The smallest absolute Gasteiger partial charge is 0.137 e. The molecule has 5 nitrogen and oxygen atoms in total. The molecular weight excluding hydrogens is 276 g/mol. The normalized spacial score (nSPS) is 10.3. The fourth-order valence-corrected chi connectivity index (χ4v) is 2.10. The van der Waals surface area contributed by atoms with Crippen LogP contribution in [0.5, 0.6) is 5.75 Å². The van der Waals surface area contributed by atoms with Crippen LogP contribution in [0.3, 0.4) is 0 Å². The maximum Gasteiger partial charge on any atom is 0.137 e. The topological polar surface area (TPSA) is 76.9 Å². The molecule has 0 spiro atoms. The van der Waals surface area contributed by atoms with E-state index in [9.17, 15) is 0 Å². The number of anilines is 1. The molecule has 0 aliphatic heterocycles. The van der Waals surface area contributed by atoms with Crippen molar-refractivity contribution in [2.45, 2.75) is 27.0 Å². The first-order chi connectivity index (χ1) is 9.56. The molecule has 0 aliphatic carbocycles. The number of aromatic nitrogens is 2.